The Balaban J connectivity index is 2.07. The molecule has 0 saturated carbocycles. The Morgan fingerprint density at radius 2 is 2.09 bits per heavy atom. The maximum Gasteiger partial charge on any atom is 0.411 e. The molecule has 1 aliphatic heterocycles. The zero-order chi connectivity index (χ0) is 16.6. The van der Waals surface area contributed by atoms with E-state index >= 15 is 0 Å². The van der Waals surface area contributed by atoms with Crippen molar-refractivity contribution in [3.63, 3.8) is 0 Å². The summed E-state index contributed by atoms with van der Waals surface area (Å²) in [5.41, 5.74) is 2.69. The van der Waals surface area contributed by atoms with Crippen molar-refractivity contribution in [2.75, 3.05) is 12.4 Å². The van der Waals surface area contributed by atoms with Crippen molar-refractivity contribution in [1.82, 2.24) is 4.98 Å². The number of sulfonamides is 1. The minimum Gasteiger partial charge on any atom is -0.480 e. The van der Waals surface area contributed by atoms with Gasteiger partial charge in [-0.25, -0.2) is 23.3 Å². The number of hydrogen-bond acceptors (Lipinski definition) is 6. The number of carbonyl (C=O) groups is 1. The van der Waals surface area contributed by atoms with Crippen LogP contribution in [0.15, 0.2) is 35.4 Å². The largest absolute Gasteiger partial charge is 0.480 e. The van der Waals surface area contributed by atoms with Crippen molar-refractivity contribution in [3.05, 3.63) is 36.0 Å². The highest BCUT2D eigenvalue weighted by molar-refractivity contribution is 7.89. The fourth-order valence-corrected chi connectivity index (χ4v) is 2.92. The van der Waals surface area contributed by atoms with Gasteiger partial charge < -0.3 is 9.47 Å². The van der Waals surface area contributed by atoms with Gasteiger partial charge in [0.25, 0.3) is 0 Å². The third-order valence-electron chi connectivity index (χ3n) is 3.35. The van der Waals surface area contributed by atoms with Gasteiger partial charge in [-0.2, -0.15) is 0 Å². The molecule has 1 aliphatic rings. The summed E-state index contributed by atoms with van der Waals surface area (Å²) in [7, 11) is -2.65. The third kappa shape index (κ3) is 2.96. The van der Waals surface area contributed by atoms with Crippen molar-refractivity contribution in [1.29, 1.82) is 0 Å². The second-order valence-electron chi connectivity index (χ2n) is 4.85. The number of benzene rings is 1. The number of methoxy groups -OCH3 is 1. The lowest BCUT2D eigenvalue weighted by atomic mass is 10.0. The lowest BCUT2D eigenvalue weighted by molar-refractivity contribution is 0.151. The second-order valence-corrected chi connectivity index (χ2v) is 6.38. The summed E-state index contributed by atoms with van der Waals surface area (Å²) in [5.74, 6) is -0.0650. The number of nitrogens with two attached hydrogens (primary N) is 1. The van der Waals surface area contributed by atoms with E-state index in [2.05, 4.69) is 10.3 Å². The molecule has 3 N–H and O–H groups in total. The number of rotatable bonds is 3. The molecule has 8 nitrogen and oxygen atoms in total. The van der Waals surface area contributed by atoms with Crippen LogP contribution in [-0.4, -0.2) is 26.6 Å². The molecular formula is C14H13N3O5S. The van der Waals surface area contributed by atoms with Crippen LogP contribution in [0.5, 0.6) is 5.88 Å². The Morgan fingerprint density at radius 1 is 1.30 bits per heavy atom. The topological polar surface area (TPSA) is 121 Å². The number of carbonyl (C=O) groups excluding carboxylic acids is 1. The summed E-state index contributed by atoms with van der Waals surface area (Å²) in [4.78, 5) is 15.0. The van der Waals surface area contributed by atoms with Crippen LogP contribution in [-0.2, 0) is 21.4 Å². The van der Waals surface area contributed by atoms with E-state index in [4.69, 9.17) is 14.6 Å². The van der Waals surface area contributed by atoms with Gasteiger partial charge in [0, 0.05) is 17.3 Å². The number of ether oxygens (including phenoxy) is 2. The first-order valence-corrected chi connectivity index (χ1v) is 8.07. The SMILES string of the molecule is COc1ncc(-c2ccc3c(c2)COC(=O)N3)cc1S(N)(=O)=O. The van der Waals surface area contributed by atoms with Crippen LogP contribution in [0.1, 0.15) is 5.56 Å². The Morgan fingerprint density at radius 3 is 2.78 bits per heavy atom. The van der Waals surface area contributed by atoms with Crippen LogP contribution in [0.2, 0.25) is 0 Å². The predicted molar refractivity (Wildman–Crippen MR) is 81.4 cm³/mol. The van der Waals surface area contributed by atoms with Crippen molar-refractivity contribution in [2.24, 2.45) is 5.14 Å². The molecule has 0 bridgehead atoms. The van der Waals surface area contributed by atoms with Gasteiger partial charge in [-0.15, -0.1) is 0 Å². The quantitative estimate of drug-likeness (QED) is 0.876. The monoisotopic (exact) mass is 335 g/mol. The highest BCUT2D eigenvalue weighted by atomic mass is 32.2. The first kappa shape index (κ1) is 15.3. The maximum absolute atomic E-state index is 11.7. The summed E-state index contributed by atoms with van der Waals surface area (Å²) in [6, 6.07) is 6.63. The van der Waals surface area contributed by atoms with E-state index in [1.165, 1.54) is 19.4 Å². The number of pyridine rings is 1. The molecule has 0 aliphatic carbocycles. The molecule has 0 unspecified atom stereocenters. The summed E-state index contributed by atoms with van der Waals surface area (Å²) in [6.45, 7) is 0.140. The smallest absolute Gasteiger partial charge is 0.411 e. The van der Waals surface area contributed by atoms with E-state index in [-0.39, 0.29) is 17.4 Å². The van der Waals surface area contributed by atoms with Gasteiger partial charge in [-0.1, -0.05) is 6.07 Å². The second kappa shape index (κ2) is 5.52. The molecule has 1 amide bonds. The Kier molecular flexibility index (Phi) is 3.66. The average molecular weight is 335 g/mol. The number of nitrogens with zero attached hydrogens (tertiary/aromatic N) is 1. The van der Waals surface area contributed by atoms with E-state index in [0.717, 1.165) is 5.56 Å². The van der Waals surface area contributed by atoms with Crippen molar-refractivity contribution in [3.8, 4) is 17.0 Å². The van der Waals surface area contributed by atoms with Gasteiger partial charge in [0.05, 0.1) is 12.8 Å². The number of cyclic esters (lactones) is 1. The standard InChI is InChI=1S/C14H13N3O5S/c1-21-13-12(23(15,19)20)5-9(6-16-13)8-2-3-11-10(4-8)7-22-14(18)17-11/h2-6H,7H2,1H3,(H,17,18)(H2,15,19,20). The molecule has 120 valence electrons. The highest BCUT2D eigenvalue weighted by Crippen LogP contribution is 2.31. The van der Waals surface area contributed by atoms with Crippen molar-refractivity contribution in [2.45, 2.75) is 11.5 Å². The van der Waals surface area contributed by atoms with E-state index < -0.39 is 16.1 Å². The summed E-state index contributed by atoms with van der Waals surface area (Å²) in [6.07, 6.45) is 0.977. The number of hydrogen-bond donors (Lipinski definition) is 2. The lowest BCUT2D eigenvalue weighted by Gasteiger charge is -2.18. The van der Waals surface area contributed by atoms with Crippen LogP contribution in [0.4, 0.5) is 10.5 Å². The zero-order valence-electron chi connectivity index (χ0n) is 12.1. The zero-order valence-corrected chi connectivity index (χ0v) is 12.9. The van der Waals surface area contributed by atoms with Crippen LogP contribution in [0.25, 0.3) is 11.1 Å². The molecular weight excluding hydrogens is 322 g/mol. The van der Waals surface area contributed by atoms with Gasteiger partial charge in [-0.3, -0.25) is 5.32 Å². The number of nitrogens with one attached hydrogen (secondary N) is 1. The molecule has 0 radical (unpaired) electrons. The van der Waals surface area contributed by atoms with Gasteiger partial charge in [0.1, 0.15) is 11.5 Å². The molecule has 1 aromatic heterocycles. The molecule has 3 rings (SSSR count). The fraction of sp³-hybridized carbons (Fsp3) is 0.143. The molecule has 9 heteroatoms. The van der Waals surface area contributed by atoms with Crippen molar-refractivity contribution < 1.29 is 22.7 Å². The van der Waals surface area contributed by atoms with E-state index in [0.29, 0.717) is 16.8 Å². The molecule has 1 aromatic carbocycles. The number of aromatic nitrogens is 1. The molecule has 2 heterocycles. The molecule has 0 spiro atoms. The van der Waals surface area contributed by atoms with Crippen LogP contribution < -0.4 is 15.2 Å². The number of primary sulfonamides is 1. The van der Waals surface area contributed by atoms with E-state index in [1.807, 2.05) is 0 Å². The van der Waals surface area contributed by atoms with Gasteiger partial charge in [0.15, 0.2) is 0 Å². The van der Waals surface area contributed by atoms with Gasteiger partial charge in [-0.05, 0) is 23.8 Å². The lowest BCUT2D eigenvalue weighted by Crippen LogP contribution is -2.20. The molecule has 0 atom stereocenters. The maximum atomic E-state index is 11.7. The fourth-order valence-electron chi connectivity index (χ4n) is 2.25. The van der Waals surface area contributed by atoms with Crippen LogP contribution >= 0.6 is 0 Å². The summed E-state index contributed by atoms with van der Waals surface area (Å²) < 4.78 is 33.1. The molecule has 23 heavy (non-hydrogen) atoms. The normalized spacial score (nSPS) is 13.7. The number of amides is 1. The van der Waals surface area contributed by atoms with Crippen LogP contribution in [0.3, 0.4) is 0 Å². The number of anilines is 1. The number of fused-ring (bicyclic) bond motifs is 1. The minimum absolute atomic E-state index is 0.0650. The van der Waals surface area contributed by atoms with Gasteiger partial charge in [0.2, 0.25) is 15.9 Å². The average Bonchev–Trinajstić information content (AvgIpc) is 2.53. The third-order valence-corrected chi connectivity index (χ3v) is 4.26. The van der Waals surface area contributed by atoms with E-state index in [9.17, 15) is 13.2 Å². The van der Waals surface area contributed by atoms with Crippen molar-refractivity contribution >= 4 is 21.8 Å². The molecule has 0 saturated heterocycles. The predicted octanol–water partition coefficient (Wildman–Crippen LogP) is 1.47. The first-order valence-electron chi connectivity index (χ1n) is 6.52. The molecule has 2 aromatic rings. The Hall–Kier alpha value is -2.65. The summed E-state index contributed by atoms with van der Waals surface area (Å²) in [5, 5.41) is 7.77. The summed E-state index contributed by atoms with van der Waals surface area (Å²) >= 11 is 0. The molecule has 0 fully saturated rings. The van der Waals surface area contributed by atoms with E-state index in [1.54, 1.807) is 18.2 Å². The highest BCUT2D eigenvalue weighted by Gasteiger charge is 2.19. The van der Waals surface area contributed by atoms with Crippen LogP contribution in [0, 0.1) is 0 Å². The Bertz CT molecular complexity index is 895. The van der Waals surface area contributed by atoms with Gasteiger partial charge >= 0.3 is 6.09 Å². The Labute approximate surface area is 132 Å². The first-order chi connectivity index (χ1) is 10.9. The minimum atomic E-state index is -3.97.